The van der Waals surface area contributed by atoms with Crippen LogP contribution in [0.25, 0.3) is 0 Å². The molecule has 0 aromatic heterocycles. The third-order valence-electron chi connectivity index (χ3n) is 6.54. The van der Waals surface area contributed by atoms with Gasteiger partial charge in [0.1, 0.15) is 17.5 Å². The summed E-state index contributed by atoms with van der Waals surface area (Å²) in [5, 5.41) is 13.2. The van der Waals surface area contributed by atoms with Crippen LogP contribution in [0.1, 0.15) is 31.7 Å². The number of amides is 1. The van der Waals surface area contributed by atoms with Crippen LogP contribution in [0.4, 0.5) is 10.1 Å². The van der Waals surface area contributed by atoms with E-state index in [1.165, 1.54) is 36.0 Å². The first-order chi connectivity index (χ1) is 18.9. The van der Waals surface area contributed by atoms with Crippen LogP contribution in [0.5, 0.6) is 0 Å². The van der Waals surface area contributed by atoms with Crippen molar-refractivity contribution in [3.8, 4) is 6.07 Å². The van der Waals surface area contributed by atoms with Crippen LogP contribution in [0.2, 0.25) is 5.02 Å². The Hall–Kier alpha value is -2.40. The molecule has 1 aliphatic rings. The van der Waals surface area contributed by atoms with E-state index in [0.29, 0.717) is 25.3 Å². The lowest BCUT2D eigenvalue weighted by Crippen LogP contribution is -2.50. The van der Waals surface area contributed by atoms with Crippen molar-refractivity contribution in [3.63, 3.8) is 0 Å². The van der Waals surface area contributed by atoms with E-state index < -0.39 is 21.5 Å². The molecule has 0 spiro atoms. The smallest absolute Gasteiger partial charge is 0.265 e. The van der Waals surface area contributed by atoms with Crippen molar-refractivity contribution in [2.24, 2.45) is 0 Å². The number of thioether (sulfide) groups is 1. The Morgan fingerprint density at radius 1 is 1.30 bits per heavy atom. The summed E-state index contributed by atoms with van der Waals surface area (Å²) in [7, 11) is 1.03. The number of sulfonamides is 1. The SMILES string of the molecule is CO[C@H](CN(C)C)[C@H](CSc1ccc(F)cc1)Nc1c(Cl)cc(S(=O)(=O)NC(=O)[C@@]2(C)CCCCO2)cc1C#N. The van der Waals surface area contributed by atoms with E-state index in [-0.39, 0.29) is 39.1 Å². The van der Waals surface area contributed by atoms with Gasteiger partial charge in [0.25, 0.3) is 15.9 Å². The van der Waals surface area contributed by atoms with Gasteiger partial charge in [-0.05, 0) is 76.7 Å². The van der Waals surface area contributed by atoms with Crippen LogP contribution in [0, 0.1) is 17.1 Å². The van der Waals surface area contributed by atoms with Crippen LogP contribution in [0.3, 0.4) is 0 Å². The number of likely N-dealkylation sites (N-methyl/N-ethyl adjacent to an activating group) is 1. The number of anilines is 1. The molecule has 0 bridgehead atoms. The number of hydrogen-bond donors (Lipinski definition) is 2. The number of carbonyl (C=O) groups excluding carboxylic acids is 1. The van der Waals surface area contributed by atoms with Gasteiger partial charge >= 0.3 is 0 Å². The van der Waals surface area contributed by atoms with Gasteiger partial charge in [-0.3, -0.25) is 4.79 Å². The van der Waals surface area contributed by atoms with E-state index in [2.05, 4.69) is 10.0 Å². The molecule has 3 atom stereocenters. The fraction of sp³-hybridized carbons (Fsp3) is 0.481. The summed E-state index contributed by atoms with van der Waals surface area (Å²) in [6, 6.07) is 10.1. The van der Waals surface area contributed by atoms with Gasteiger partial charge in [0, 0.05) is 30.9 Å². The molecule has 0 aliphatic carbocycles. The molecule has 218 valence electrons. The van der Waals surface area contributed by atoms with Crippen molar-refractivity contribution in [2.75, 3.05) is 45.4 Å². The van der Waals surface area contributed by atoms with Crippen LogP contribution >= 0.6 is 23.4 Å². The zero-order valence-electron chi connectivity index (χ0n) is 22.9. The Bertz CT molecular complexity index is 1330. The zero-order chi connectivity index (χ0) is 29.5. The van der Waals surface area contributed by atoms with Gasteiger partial charge in [-0.2, -0.15) is 5.26 Å². The molecule has 2 aromatic carbocycles. The summed E-state index contributed by atoms with van der Waals surface area (Å²) in [5.74, 6) is -0.639. The number of carbonyl (C=O) groups is 1. The fourth-order valence-electron chi connectivity index (χ4n) is 4.24. The number of hydrogen-bond acceptors (Lipinski definition) is 9. The lowest BCUT2D eigenvalue weighted by atomic mass is 9.95. The van der Waals surface area contributed by atoms with Gasteiger partial charge in [-0.25, -0.2) is 17.5 Å². The van der Waals surface area contributed by atoms with Crippen molar-refractivity contribution in [1.82, 2.24) is 9.62 Å². The molecule has 1 saturated heterocycles. The van der Waals surface area contributed by atoms with Crippen LogP contribution < -0.4 is 10.0 Å². The highest BCUT2D eigenvalue weighted by Gasteiger charge is 2.38. The highest BCUT2D eigenvalue weighted by atomic mass is 35.5. The monoisotopic (exact) mass is 612 g/mol. The average Bonchev–Trinajstić information content (AvgIpc) is 2.91. The fourth-order valence-corrected chi connectivity index (χ4v) is 6.70. The maximum absolute atomic E-state index is 13.4. The molecule has 0 saturated carbocycles. The Kier molecular flexibility index (Phi) is 11.2. The average molecular weight is 613 g/mol. The number of rotatable bonds is 12. The molecule has 2 aromatic rings. The second-order valence-electron chi connectivity index (χ2n) is 9.96. The number of methoxy groups -OCH3 is 1. The summed E-state index contributed by atoms with van der Waals surface area (Å²) < 4.78 is 53.0. The number of nitrogens with zero attached hydrogens (tertiary/aromatic N) is 2. The quantitative estimate of drug-likeness (QED) is 0.339. The lowest BCUT2D eigenvalue weighted by Gasteiger charge is -2.32. The van der Waals surface area contributed by atoms with Gasteiger partial charge in [0.15, 0.2) is 0 Å². The van der Waals surface area contributed by atoms with Crippen molar-refractivity contribution < 1.29 is 27.1 Å². The Labute approximate surface area is 244 Å². The maximum Gasteiger partial charge on any atom is 0.265 e. The van der Waals surface area contributed by atoms with E-state index in [1.54, 1.807) is 26.2 Å². The molecular formula is C27H34ClFN4O5S2. The molecule has 1 aliphatic heterocycles. The number of benzene rings is 2. The normalized spacial score (nSPS) is 19.1. The molecule has 9 nitrogen and oxygen atoms in total. The first-order valence-corrected chi connectivity index (χ1v) is 15.5. The molecule has 1 amide bonds. The van der Waals surface area contributed by atoms with Crippen molar-refractivity contribution in [1.29, 1.82) is 5.26 Å². The van der Waals surface area contributed by atoms with E-state index in [1.807, 2.05) is 25.1 Å². The molecule has 40 heavy (non-hydrogen) atoms. The van der Waals surface area contributed by atoms with E-state index in [9.17, 15) is 22.9 Å². The highest BCUT2D eigenvalue weighted by molar-refractivity contribution is 7.99. The van der Waals surface area contributed by atoms with Crippen LogP contribution in [-0.2, 0) is 24.3 Å². The minimum atomic E-state index is -4.34. The first-order valence-electron chi connectivity index (χ1n) is 12.7. The second-order valence-corrected chi connectivity index (χ2v) is 13.1. The first kappa shape index (κ1) is 32.1. The number of nitrogens with one attached hydrogen (secondary N) is 2. The predicted molar refractivity (Wildman–Crippen MR) is 154 cm³/mol. The minimum absolute atomic E-state index is 0.0107. The van der Waals surface area contributed by atoms with Crippen molar-refractivity contribution in [2.45, 2.75) is 53.7 Å². The van der Waals surface area contributed by atoms with E-state index in [0.717, 1.165) is 17.7 Å². The van der Waals surface area contributed by atoms with Gasteiger partial charge in [0.05, 0.1) is 33.3 Å². The summed E-state index contributed by atoms with van der Waals surface area (Å²) >= 11 is 8.01. The predicted octanol–water partition coefficient (Wildman–Crippen LogP) is 4.26. The maximum atomic E-state index is 13.4. The summed E-state index contributed by atoms with van der Waals surface area (Å²) in [6.07, 6.45) is 1.59. The summed E-state index contributed by atoms with van der Waals surface area (Å²) in [5.41, 5.74) is -1.04. The lowest BCUT2D eigenvalue weighted by molar-refractivity contribution is -0.148. The molecule has 0 unspecified atom stereocenters. The third kappa shape index (κ3) is 8.31. The molecule has 1 heterocycles. The highest BCUT2D eigenvalue weighted by Crippen LogP contribution is 2.33. The minimum Gasteiger partial charge on any atom is -0.378 e. The molecular weight excluding hydrogens is 579 g/mol. The second kappa shape index (κ2) is 14.0. The molecule has 1 fully saturated rings. The third-order valence-corrected chi connectivity index (χ3v) is 9.28. The summed E-state index contributed by atoms with van der Waals surface area (Å²) in [6.45, 7) is 2.46. The van der Waals surface area contributed by atoms with Crippen molar-refractivity contribution in [3.05, 3.63) is 52.8 Å². The Morgan fingerprint density at radius 2 is 2.00 bits per heavy atom. The van der Waals surface area contributed by atoms with Gasteiger partial charge < -0.3 is 19.7 Å². The molecule has 0 radical (unpaired) electrons. The van der Waals surface area contributed by atoms with Gasteiger partial charge in [0.2, 0.25) is 0 Å². The topological polar surface area (TPSA) is 121 Å². The van der Waals surface area contributed by atoms with E-state index in [4.69, 9.17) is 21.1 Å². The largest absolute Gasteiger partial charge is 0.378 e. The Balaban J connectivity index is 1.88. The van der Waals surface area contributed by atoms with E-state index >= 15 is 0 Å². The zero-order valence-corrected chi connectivity index (χ0v) is 25.3. The molecule has 3 rings (SSSR count). The van der Waals surface area contributed by atoms with Gasteiger partial charge in [-0.15, -0.1) is 11.8 Å². The number of ether oxygens (including phenoxy) is 2. The molecule has 13 heteroatoms. The molecule has 2 N–H and O–H groups in total. The van der Waals surface area contributed by atoms with Gasteiger partial charge in [-0.1, -0.05) is 11.6 Å². The number of halogens is 2. The number of nitriles is 1. The standard InChI is InChI=1S/C27H34ClFN4O5S2/c1-27(11-5-6-12-38-27)26(34)32-40(35,36)21-13-18(15-30)25(22(28)14-21)31-23(24(37-4)16-33(2)3)17-39-20-9-7-19(29)8-10-20/h7-10,13-14,23-24,31H,5-6,11-12,16-17H2,1-4H3,(H,32,34)/t23-,24+,27+/m0/s1. The Morgan fingerprint density at radius 3 is 2.58 bits per heavy atom. The van der Waals surface area contributed by atoms with Crippen LogP contribution in [-0.4, -0.2) is 77.1 Å². The summed E-state index contributed by atoms with van der Waals surface area (Å²) in [4.78, 5) is 15.3. The van der Waals surface area contributed by atoms with Crippen molar-refractivity contribution >= 4 is 45.0 Å². The van der Waals surface area contributed by atoms with Crippen LogP contribution in [0.15, 0.2) is 46.2 Å².